The Hall–Kier alpha value is -2.89. The van der Waals surface area contributed by atoms with E-state index in [9.17, 15) is 4.79 Å². The maximum Gasteiger partial charge on any atom is 0.319 e. The van der Waals surface area contributed by atoms with Crippen LogP contribution >= 0.6 is 0 Å². The molecule has 24 heavy (non-hydrogen) atoms. The van der Waals surface area contributed by atoms with Crippen LogP contribution in [0, 0.1) is 0 Å². The highest BCUT2D eigenvalue weighted by atomic mass is 16.5. The number of carbonyl (C=O) groups is 1. The summed E-state index contributed by atoms with van der Waals surface area (Å²) >= 11 is 0. The molecule has 0 aliphatic carbocycles. The molecular weight excluding hydrogens is 308 g/mol. The second-order valence-corrected chi connectivity index (χ2v) is 5.51. The molecule has 0 radical (unpaired) electrons. The minimum atomic E-state index is -0.264. The van der Waals surface area contributed by atoms with Gasteiger partial charge in [-0.25, -0.2) is 4.79 Å². The van der Waals surface area contributed by atoms with Gasteiger partial charge < -0.3 is 24.8 Å². The van der Waals surface area contributed by atoms with Crippen LogP contribution in [0.15, 0.2) is 42.5 Å². The average Bonchev–Trinajstić information content (AvgIpc) is 2.61. The quantitative estimate of drug-likeness (QED) is 0.905. The van der Waals surface area contributed by atoms with E-state index in [1.165, 1.54) is 0 Å². The van der Waals surface area contributed by atoms with Crippen molar-refractivity contribution in [2.24, 2.45) is 0 Å². The minimum absolute atomic E-state index is 0.0946. The largest absolute Gasteiger partial charge is 0.497 e. The van der Waals surface area contributed by atoms with Crippen molar-refractivity contribution in [3.8, 4) is 17.2 Å². The highest BCUT2D eigenvalue weighted by Crippen LogP contribution is 2.28. The lowest BCUT2D eigenvalue weighted by atomic mass is 10.0. The van der Waals surface area contributed by atoms with Crippen molar-refractivity contribution in [1.82, 2.24) is 5.32 Å². The van der Waals surface area contributed by atoms with Gasteiger partial charge in [0.1, 0.15) is 23.9 Å². The van der Waals surface area contributed by atoms with Crippen LogP contribution in [0.25, 0.3) is 0 Å². The van der Waals surface area contributed by atoms with Crippen LogP contribution in [-0.4, -0.2) is 32.9 Å². The van der Waals surface area contributed by atoms with Crippen molar-refractivity contribution in [3.05, 3.63) is 48.0 Å². The maximum absolute atomic E-state index is 12.1. The average molecular weight is 328 g/mol. The fourth-order valence-electron chi connectivity index (χ4n) is 2.62. The SMILES string of the molecule is COc1ccc(NC(=O)N[C@H]2COc3ccc(OC)cc3C2)cc1. The minimum Gasteiger partial charge on any atom is -0.497 e. The topological polar surface area (TPSA) is 68.8 Å². The molecule has 2 amide bonds. The predicted octanol–water partition coefficient (Wildman–Crippen LogP) is 2.83. The van der Waals surface area contributed by atoms with Crippen LogP contribution in [0.2, 0.25) is 0 Å². The highest BCUT2D eigenvalue weighted by Gasteiger charge is 2.22. The van der Waals surface area contributed by atoms with Gasteiger partial charge >= 0.3 is 6.03 Å². The molecule has 1 aliphatic heterocycles. The van der Waals surface area contributed by atoms with E-state index in [1.54, 1.807) is 38.5 Å². The number of benzene rings is 2. The molecule has 0 saturated carbocycles. The van der Waals surface area contributed by atoms with Crippen molar-refractivity contribution >= 4 is 11.7 Å². The lowest BCUT2D eigenvalue weighted by Crippen LogP contribution is -2.44. The number of carbonyl (C=O) groups excluding carboxylic acids is 1. The Morgan fingerprint density at radius 3 is 2.50 bits per heavy atom. The molecule has 0 unspecified atom stereocenters. The molecule has 6 heteroatoms. The van der Waals surface area contributed by atoms with Crippen molar-refractivity contribution in [2.45, 2.75) is 12.5 Å². The van der Waals surface area contributed by atoms with E-state index in [0.29, 0.717) is 18.7 Å². The molecule has 2 aromatic carbocycles. The van der Waals surface area contributed by atoms with E-state index in [-0.39, 0.29) is 12.1 Å². The standard InChI is InChI=1S/C18H20N2O4/c1-22-15-5-3-13(4-6-15)19-18(21)20-14-9-12-10-16(23-2)7-8-17(12)24-11-14/h3-8,10,14H,9,11H2,1-2H3,(H2,19,20,21)/t14-/m1/s1. The summed E-state index contributed by atoms with van der Waals surface area (Å²) in [5.74, 6) is 2.36. The first-order valence-corrected chi connectivity index (χ1v) is 7.69. The van der Waals surface area contributed by atoms with E-state index >= 15 is 0 Å². The van der Waals surface area contributed by atoms with Crippen LogP contribution in [0.3, 0.4) is 0 Å². The molecule has 1 heterocycles. The molecule has 6 nitrogen and oxygen atoms in total. The van der Waals surface area contributed by atoms with Gasteiger partial charge in [0, 0.05) is 5.69 Å². The van der Waals surface area contributed by atoms with Crippen molar-refractivity contribution in [3.63, 3.8) is 0 Å². The number of fused-ring (bicyclic) bond motifs is 1. The summed E-state index contributed by atoms with van der Waals surface area (Å²) in [6.07, 6.45) is 0.697. The van der Waals surface area contributed by atoms with E-state index < -0.39 is 0 Å². The van der Waals surface area contributed by atoms with E-state index in [4.69, 9.17) is 14.2 Å². The zero-order valence-electron chi connectivity index (χ0n) is 13.7. The molecule has 126 valence electrons. The zero-order chi connectivity index (χ0) is 16.9. The number of ether oxygens (including phenoxy) is 3. The summed E-state index contributed by atoms with van der Waals surface area (Å²) < 4.78 is 16.0. The fourth-order valence-corrected chi connectivity index (χ4v) is 2.62. The first kappa shape index (κ1) is 16.0. The fraction of sp³-hybridized carbons (Fsp3) is 0.278. The Morgan fingerprint density at radius 1 is 1.08 bits per heavy atom. The van der Waals surface area contributed by atoms with Crippen LogP contribution in [-0.2, 0) is 6.42 Å². The Balaban J connectivity index is 1.58. The van der Waals surface area contributed by atoms with Gasteiger partial charge in [-0.2, -0.15) is 0 Å². The van der Waals surface area contributed by atoms with Crippen molar-refractivity contribution in [1.29, 1.82) is 0 Å². The molecule has 0 bridgehead atoms. The summed E-state index contributed by atoms with van der Waals surface area (Å²) in [6.45, 7) is 0.440. The number of hydrogen-bond acceptors (Lipinski definition) is 4. The number of amides is 2. The number of hydrogen-bond donors (Lipinski definition) is 2. The molecule has 1 atom stereocenters. The van der Waals surface area contributed by atoms with E-state index in [2.05, 4.69) is 10.6 Å². The summed E-state index contributed by atoms with van der Waals surface area (Å²) in [7, 11) is 3.23. The third-order valence-electron chi connectivity index (χ3n) is 3.86. The molecule has 0 aromatic heterocycles. The predicted molar refractivity (Wildman–Crippen MR) is 91.1 cm³/mol. The molecule has 3 rings (SSSR count). The van der Waals surface area contributed by atoms with Crippen molar-refractivity contribution < 1.29 is 19.0 Å². The second-order valence-electron chi connectivity index (χ2n) is 5.51. The molecule has 1 aliphatic rings. The molecular formula is C18H20N2O4. The number of urea groups is 1. The lowest BCUT2D eigenvalue weighted by molar-refractivity contribution is 0.222. The van der Waals surface area contributed by atoms with Gasteiger partial charge in [0.25, 0.3) is 0 Å². The third kappa shape index (κ3) is 3.71. The first-order valence-electron chi connectivity index (χ1n) is 7.69. The summed E-state index contributed by atoms with van der Waals surface area (Å²) in [5, 5.41) is 5.73. The molecule has 0 saturated heterocycles. The van der Waals surface area contributed by atoms with E-state index in [1.807, 2.05) is 18.2 Å². The summed E-state index contributed by atoms with van der Waals surface area (Å²) in [5.41, 5.74) is 1.72. The van der Waals surface area contributed by atoms with Gasteiger partial charge in [0.05, 0.1) is 20.3 Å². The Bertz CT molecular complexity index is 715. The number of rotatable bonds is 4. The summed E-state index contributed by atoms with van der Waals surface area (Å²) in [4.78, 5) is 12.1. The highest BCUT2D eigenvalue weighted by molar-refractivity contribution is 5.89. The van der Waals surface area contributed by atoms with Gasteiger partial charge in [0.15, 0.2) is 0 Å². The van der Waals surface area contributed by atoms with Gasteiger partial charge in [-0.05, 0) is 54.4 Å². The van der Waals surface area contributed by atoms with Crippen LogP contribution in [0.1, 0.15) is 5.56 Å². The third-order valence-corrected chi connectivity index (χ3v) is 3.86. The normalized spacial score (nSPS) is 15.7. The summed E-state index contributed by atoms with van der Waals surface area (Å²) in [6, 6.07) is 12.5. The maximum atomic E-state index is 12.1. The van der Waals surface area contributed by atoms with Gasteiger partial charge in [-0.15, -0.1) is 0 Å². The smallest absolute Gasteiger partial charge is 0.319 e. The molecule has 2 N–H and O–H groups in total. The van der Waals surface area contributed by atoms with Crippen LogP contribution < -0.4 is 24.8 Å². The molecule has 0 fully saturated rings. The Labute approximate surface area is 140 Å². The van der Waals surface area contributed by atoms with Gasteiger partial charge in [-0.1, -0.05) is 0 Å². The van der Waals surface area contributed by atoms with Crippen molar-refractivity contribution in [2.75, 3.05) is 26.1 Å². The zero-order valence-corrected chi connectivity index (χ0v) is 13.7. The van der Waals surface area contributed by atoms with Gasteiger partial charge in [-0.3, -0.25) is 0 Å². The Morgan fingerprint density at radius 2 is 1.79 bits per heavy atom. The molecule has 2 aromatic rings. The number of anilines is 1. The van der Waals surface area contributed by atoms with E-state index in [0.717, 1.165) is 22.8 Å². The second kappa shape index (κ2) is 7.12. The molecule has 0 spiro atoms. The lowest BCUT2D eigenvalue weighted by Gasteiger charge is -2.26. The number of methoxy groups -OCH3 is 2. The van der Waals surface area contributed by atoms with Crippen LogP contribution in [0.5, 0.6) is 17.2 Å². The van der Waals surface area contributed by atoms with Crippen LogP contribution in [0.4, 0.5) is 10.5 Å². The van der Waals surface area contributed by atoms with Gasteiger partial charge in [0.2, 0.25) is 0 Å². The first-order chi connectivity index (χ1) is 11.7. The monoisotopic (exact) mass is 328 g/mol. The number of nitrogens with one attached hydrogen (secondary N) is 2. The Kier molecular flexibility index (Phi) is 4.74.